The van der Waals surface area contributed by atoms with E-state index < -0.39 is 0 Å². The molecule has 0 heterocycles. The SMILES string of the molecule is CCCNC(=O)C=CCCC(C)=CCCC(C)=CCCC(C)=O. The topological polar surface area (TPSA) is 46.2 Å². The molecule has 0 rings (SSSR count). The summed E-state index contributed by atoms with van der Waals surface area (Å²) in [5.74, 6) is 0.251. The first-order valence-corrected chi connectivity index (χ1v) is 8.70. The Bertz CT molecular complexity index is 445. The van der Waals surface area contributed by atoms with Crippen LogP contribution in [-0.4, -0.2) is 18.2 Å². The van der Waals surface area contributed by atoms with Gasteiger partial charge >= 0.3 is 0 Å². The summed E-state index contributed by atoms with van der Waals surface area (Å²) >= 11 is 0. The third-order valence-electron chi connectivity index (χ3n) is 3.54. The second-order valence-corrected chi connectivity index (χ2v) is 6.11. The van der Waals surface area contributed by atoms with Crippen molar-refractivity contribution in [1.29, 1.82) is 0 Å². The molecule has 0 aliphatic rings. The van der Waals surface area contributed by atoms with Crippen molar-refractivity contribution in [2.45, 2.75) is 72.6 Å². The zero-order valence-electron chi connectivity index (χ0n) is 15.3. The highest BCUT2D eigenvalue weighted by molar-refractivity contribution is 5.87. The van der Waals surface area contributed by atoms with E-state index in [1.54, 1.807) is 13.0 Å². The molecule has 23 heavy (non-hydrogen) atoms. The largest absolute Gasteiger partial charge is 0.353 e. The van der Waals surface area contributed by atoms with Crippen LogP contribution >= 0.6 is 0 Å². The van der Waals surface area contributed by atoms with Gasteiger partial charge in [-0.3, -0.25) is 4.79 Å². The summed E-state index contributed by atoms with van der Waals surface area (Å²) in [6.07, 6.45) is 14.4. The monoisotopic (exact) mass is 319 g/mol. The second kappa shape index (κ2) is 14.0. The van der Waals surface area contributed by atoms with Crippen LogP contribution in [0.15, 0.2) is 35.5 Å². The van der Waals surface area contributed by atoms with Gasteiger partial charge in [-0.25, -0.2) is 0 Å². The first-order valence-electron chi connectivity index (χ1n) is 8.70. The Morgan fingerprint density at radius 2 is 1.43 bits per heavy atom. The van der Waals surface area contributed by atoms with E-state index in [0.717, 1.165) is 45.1 Å². The fourth-order valence-electron chi connectivity index (χ4n) is 2.08. The molecule has 0 fully saturated rings. The molecule has 0 aromatic heterocycles. The van der Waals surface area contributed by atoms with E-state index in [1.165, 1.54) is 11.1 Å². The number of rotatable bonds is 12. The second-order valence-electron chi connectivity index (χ2n) is 6.11. The van der Waals surface area contributed by atoms with E-state index in [0.29, 0.717) is 6.42 Å². The summed E-state index contributed by atoms with van der Waals surface area (Å²) in [4.78, 5) is 22.3. The smallest absolute Gasteiger partial charge is 0.243 e. The molecule has 0 saturated heterocycles. The van der Waals surface area contributed by atoms with Crippen LogP contribution in [0.4, 0.5) is 0 Å². The van der Waals surface area contributed by atoms with Crippen molar-refractivity contribution in [2.75, 3.05) is 6.54 Å². The van der Waals surface area contributed by atoms with Crippen molar-refractivity contribution in [3.8, 4) is 0 Å². The molecule has 1 N–H and O–H groups in total. The Labute approximate surface area is 141 Å². The molecule has 130 valence electrons. The van der Waals surface area contributed by atoms with Crippen LogP contribution in [0.5, 0.6) is 0 Å². The van der Waals surface area contributed by atoms with Gasteiger partial charge in [0.1, 0.15) is 5.78 Å². The van der Waals surface area contributed by atoms with E-state index in [1.807, 2.05) is 13.0 Å². The lowest BCUT2D eigenvalue weighted by Gasteiger charge is -2.01. The van der Waals surface area contributed by atoms with E-state index in [2.05, 4.69) is 31.3 Å². The van der Waals surface area contributed by atoms with Crippen LogP contribution in [0.1, 0.15) is 72.6 Å². The number of hydrogen-bond acceptors (Lipinski definition) is 2. The van der Waals surface area contributed by atoms with Gasteiger partial charge in [0, 0.05) is 13.0 Å². The predicted octanol–water partition coefficient (Wildman–Crippen LogP) is 4.89. The molecule has 1 amide bonds. The number of ketones is 1. The van der Waals surface area contributed by atoms with Crippen LogP contribution in [0.2, 0.25) is 0 Å². The third-order valence-corrected chi connectivity index (χ3v) is 3.54. The first kappa shape index (κ1) is 21.4. The summed E-state index contributed by atoms with van der Waals surface area (Å²) < 4.78 is 0. The molecule has 0 atom stereocenters. The number of hydrogen-bond donors (Lipinski definition) is 1. The summed E-state index contributed by atoms with van der Waals surface area (Å²) in [6.45, 7) is 8.68. The van der Waals surface area contributed by atoms with Crippen molar-refractivity contribution >= 4 is 11.7 Å². The van der Waals surface area contributed by atoms with Gasteiger partial charge in [-0.1, -0.05) is 36.3 Å². The molecule has 3 nitrogen and oxygen atoms in total. The van der Waals surface area contributed by atoms with Crippen LogP contribution in [0.25, 0.3) is 0 Å². The van der Waals surface area contributed by atoms with Gasteiger partial charge < -0.3 is 10.1 Å². The summed E-state index contributed by atoms with van der Waals surface area (Å²) in [5.41, 5.74) is 2.71. The van der Waals surface area contributed by atoms with Gasteiger partial charge in [0.2, 0.25) is 5.91 Å². The molecular weight excluding hydrogens is 286 g/mol. The van der Waals surface area contributed by atoms with E-state index in [-0.39, 0.29) is 11.7 Å². The molecule has 0 bridgehead atoms. The molecule has 0 unspecified atom stereocenters. The average Bonchev–Trinajstić information content (AvgIpc) is 2.49. The lowest BCUT2D eigenvalue weighted by molar-refractivity contribution is -0.117. The van der Waals surface area contributed by atoms with Crippen LogP contribution in [0, 0.1) is 0 Å². The van der Waals surface area contributed by atoms with Crippen molar-refractivity contribution in [3.63, 3.8) is 0 Å². The number of Topliss-reactive ketones (excluding diaryl/α,β-unsaturated/α-hetero) is 1. The quantitative estimate of drug-likeness (QED) is 0.411. The Morgan fingerprint density at radius 1 is 0.870 bits per heavy atom. The summed E-state index contributed by atoms with van der Waals surface area (Å²) in [5, 5.41) is 2.82. The van der Waals surface area contributed by atoms with Gasteiger partial charge in [-0.05, 0) is 65.4 Å². The maximum atomic E-state index is 11.4. The number of carbonyl (C=O) groups is 2. The molecule has 0 aliphatic carbocycles. The molecule has 0 spiro atoms. The van der Waals surface area contributed by atoms with Crippen LogP contribution < -0.4 is 5.32 Å². The third kappa shape index (κ3) is 15.0. The van der Waals surface area contributed by atoms with Crippen molar-refractivity contribution in [3.05, 3.63) is 35.5 Å². The Morgan fingerprint density at radius 3 is 2.00 bits per heavy atom. The predicted molar refractivity (Wildman–Crippen MR) is 98.3 cm³/mol. The number of amides is 1. The number of allylic oxidation sites excluding steroid dienone is 5. The summed E-state index contributed by atoms with van der Waals surface area (Å²) in [7, 11) is 0. The molecular formula is C20H33NO2. The highest BCUT2D eigenvalue weighted by Gasteiger charge is 1.95. The van der Waals surface area contributed by atoms with Gasteiger partial charge in [-0.2, -0.15) is 0 Å². The molecule has 3 heteroatoms. The molecule has 0 aromatic rings. The van der Waals surface area contributed by atoms with E-state index in [9.17, 15) is 9.59 Å². The zero-order valence-corrected chi connectivity index (χ0v) is 15.3. The van der Waals surface area contributed by atoms with Gasteiger partial charge in [0.05, 0.1) is 0 Å². The first-order chi connectivity index (χ1) is 11.0. The van der Waals surface area contributed by atoms with Crippen molar-refractivity contribution in [2.24, 2.45) is 0 Å². The number of carbonyl (C=O) groups excluding carboxylic acids is 2. The van der Waals surface area contributed by atoms with Crippen LogP contribution in [-0.2, 0) is 9.59 Å². The van der Waals surface area contributed by atoms with Crippen molar-refractivity contribution in [1.82, 2.24) is 5.32 Å². The lowest BCUT2D eigenvalue weighted by atomic mass is 10.1. The highest BCUT2D eigenvalue weighted by atomic mass is 16.1. The molecule has 0 aliphatic heterocycles. The van der Waals surface area contributed by atoms with Crippen LogP contribution in [0.3, 0.4) is 0 Å². The van der Waals surface area contributed by atoms with E-state index >= 15 is 0 Å². The Hall–Kier alpha value is -1.64. The maximum Gasteiger partial charge on any atom is 0.243 e. The minimum atomic E-state index is -0.000180. The normalized spacial score (nSPS) is 12.7. The van der Waals surface area contributed by atoms with Crippen molar-refractivity contribution < 1.29 is 9.59 Å². The zero-order chi connectivity index (χ0) is 17.5. The van der Waals surface area contributed by atoms with Gasteiger partial charge in [-0.15, -0.1) is 0 Å². The lowest BCUT2D eigenvalue weighted by Crippen LogP contribution is -2.21. The standard InChI is InChI=1S/C20H33NO2/c1-5-16-21-20(23)15-7-6-10-17(2)11-8-12-18(3)13-9-14-19(4)22/h7,11,13,15H,5-6,8-10,12,14,16H2,1-4H3,(H,21,23). The Kier molecular flexibility index (Phi) is 13.0. The fourth-order valence-corrected chi connectivity index (χ4v) is 2.08. The van der Waals surface area contributed by atoms with Gasteiger partial charge in [0.15, 0.2) is 0 Å². The minimum Gasteiger partial charge on any atom is -0.353 e. The molecule has 0 radical (unpaired) electrons. The van der Waals surface area contributed by atoms with Gasteiger partial charge in [0.25, 0.3) is 0 Å². The van der Waals surface area contributed by atoms with E-state index in [4.69, 9.17) is 0 Å². The highest BCUT2D eigenvalue weighted by Crippen LogP contribution is 2.11. The fraction of sp³-hybridized carbons (Fsp3) is 0.600. The molecule has 0 saturated carbocycles. The molecule has 0 aromatic carbocycles. The minimum absolute atomic E-state index is 0.000180. The average molecular weight is 319 g/mol. The maximum absolute atomic E-state index is 11.4. The summed E-state index contributed by atoms with van der Waals surface area (Å²) in [6, 6.07) is 0. The Balaban J connectivity index is 3.88. The number of nitrogens with one attached hydrogen (secondary N) is 1.